The minimum absolute atomic E-state index is 0.0607. The minimum Gasteiger partial charge on any atom is -0.384 e. The molecule has 0 bridgehead atoms. The Hall–Kier alpha value is -2.85. The normalized spacial score (nSPS) is 13.6. The predicted molar refractivity (Wildman–Crippen MR) is 105 cm³/mol. The first-order chi connectivity index (χ1) is 13.5. The van der Waals surface area contributed by atoms with Crippen molar-refractivity contribution in [2.24, 2.45) is 0 Å². The van der Waals surface area contributed by atoms with E-state index < -0.39 is 17.0 Å². The fourth-order valence-corrected chi connectivity index (χ4v) is 3.84. The fourth-order valence-electron chi connectivity index (χ4n) is 2.86. The molecule has 1 aliphatic carbocycles. The summed E-state index contributed by atoms with van der Waals surface area (Å²) in [5.74, 6) is -0.660. The maximum Gasteiger partial charge on any atom is 0.330 e. The van der Waals surface area contributed by atoms with Crippen LogP contribution >= 0.6 is 23.4 Å². The van der Waals surface area contributed by atoms with Gasteiger partial charge in [0, 0.05) is 11.1 Å². The molecule has 11 heteroatoms. The largest absolute Gasteiger partial charge is 0.384 e. The average Bonchev–Trinajstić information content (AvgIpc) is 3.35. The summed E-state index contributed by atoms with van der Waals surface area (Å²) in [6, 6.07) is 7.05. The zero-order chi connectivity index (χ0) is 19.8. The molecule has 3 N–H and O–H groups in total. The summed E-state index contributed by atoms with van der Waals surface area (Å²) in [6.45, 7) is 0. The van der Waals surface area contributed by atoms with Gasteiger partial charge in [-0.3, -0.25) is 23.7 Å². The molecule has 144 valence electrons. The fraction of sp³-hybridized carbons (Fsp3) is 0.235. The van der Waals surface area contributed by atoms with Gasteiger partial charge in [0.2, 0.25) is 0 Å². The van der Waals surface area contributed by atoms with Crippen molar-refractivity contribution < 1.29 is 4.79 Å². The van der Waals surface area contributed by atoms with Crippen LogP contribution < -0.4 is 17.0 Å². The topological polar surface area (TPSA) is 129 Å². The summed E-state index contributed by atoms with van der Waals surface area (Å²) in [7, 11) is 0. The van der Waals surface area contributed by atoms with Crippen molar-refractivity contribution in [3.8, 4) is 5.69 Å². The molecule has 2 aromatic heterocycles. The Morgan fingerprint density at radius 2 is 2.14 bits per heavy atom. The number of nitrogens with one attached hydrogen (secondary N) is 1. The minimum atomic E-state index is -0.777. The van der Waals surface area contributed by atoms with Crippen LogP contribution in [0.15, 0.2) is 45.3 Å². The van der Waals surface area contributed by atoms with Crippen molar-refractivity contribution in [2.45, 2.75) is 24.0 Å². The predicted octanol–water partition coefficient (Wildman–Crippen LogP) is 1.66. The van der Waals surface area contributed by atoms with E-state index in [1.165, 1.54) is 10.9 Å². The first kappa shape index (κ1) is 18.5. The number of ketones is 1. The lowest BCUT2D eigenvalue weighted by Gasteiger charge is -2.11. The number of thioether (sulfide) groups is 1. The third-order valence-electron chi connectivity index (χ3n) is 4.31. The van der Waals surface area contributed by atoms with E-state index in [1.54, 1.807) is 22.8 Å². The van der Waals surface area contributed by atoms with Crippen LogP contribution in [0.25, 0.3) is 5.69 Å². The number of halogens is 1. The van der Waals surface area contributed by atoms with Gasteiger partial charge in [-0.05, 0) is 31.0 Å². The first-order valence-electron chi connectivity index (χ1n) is 8.42. The number of aromatic amines is 1. The number of Topliss-reactive ketones (excluding diaryl/α,β-unsaturated/α-hetero) is 1. The molecule has 1 aliphatic rings. The number of benzene rings is 1. The molecule has 0 spiro atoms. The summed E-state index contributed by atoms with van der Waals surface area (Å²) in [5, 5.41) is 8.90. The van der Waals surface area contributed by atoms with Crippen LogP contribution in [0.4, 0.5) is 5.82 Å². The standard InChI is InChI=1S/C17H15ClN6O3S/c18-9-2-1-3-11(6-9)23-8-20-22-17(23)28-7-12(25)13-14(19)24(10-4-5-10)16(27)21-15(13)26/h1-3,6,8,10H,4-5,7,19H2,(H,21,26,27). The Labute approximate surface area is 167 Å². The lowest BCUT2D eigenvalue weighted by Crippen LogP contribution is -2.36. The molecule has 9 nitrogen and oxygen atoms in total. The molecule has 1 aromatic carbocycles. The van der Waals surface area contributed by atoms with E-state index in [0.29, 0.717) is 10.2 Å². The summed E-state index contributed by atoms with van der Waals surface area (Å²) >= 11 is 7.13. The molecule has 0 aliphatic heterocycles. The van der Waals surface area contributed by atoms with Crippen molar-refractivity contribution in [1.29, 1.82) is 0 Å². The van der Waals surface area contributed by atoms with Crippen molar-refractivity contribution in [1.82, 2.24) is 24.3 Å². The molecule has 0 radical (unpaired) electrons. The van der Waals surface area contributed by atoms with Gasteiger partial charge in [0.25, 0.3) is 5.56 Å². The molecule has 0 saturated heterocycles. The van der Waals surface area contributed by atoms with Gasteiger partial charge < -0.3 is 5.73 Å². The smallest absolute Gasteiger partial charge is 0.330 e. The second-order valence-corrected chi connectivity index (χ2v) is 7.67. The maximum atomic E-state index is 12.7. The van der Waals surface area contributed by atoms with Gasteiger partial charge in [-0.1, -0.05) is 29.4 Å². The SMILES string of the molecule is Nc1c(C(=O)CSc2nncn2-c2cccc(Cl)c2)c(=O)[nH]c(=O)n1C1CC1. The van der Waals surface area contributed by atoms with Gasteiger partial charge in [0.1, 0.15) is 17.7 Å². The van der Waals surface area contributed by atoms with Crippen LogP contribution in [0.5, 0.6) is 0 Å². The number of anilines is 1. The van der Waals surface area contributed by atoms with E-state index in [2.05, 4.69) is 15.2 Å². The molecule has 4 rings (SSSR count). The second kappa shape index (κ2) is 7.28. The van der Waals surface area contributed by atoms with Crippen LogP contribution in [-0.2, 0) is 0 Å². The van der Waals surface area contributed by atoms with Gasteiger partial charge in [0.05, 0.1) is 11.4 Å². The highest BCUT2D eigenvalue weighted by Crippen LogP contribution is 2.35. The summed E-state index contributed by atoms with van der Waals surface area (Å²) in [6.07, 6.45) is 3.09. The second-order valence-electron chi connectivity index (χ2n) is 6.30. The Morgan fingerprint density at radius 1 is 1.36 bits per heavy atom. The van der Waals surface area contributed by atoms with E-state index in [9.17, 15) is 14.4 Å². The number of aromatic nitrogens is 5. The van der Waals surface area contributed by atoms with Gasteiger partial charge >= 0.3 is 5.69 Å². The molecular weight excluding hydrogens is 404 g/mol. The van der Waals surface area contributed by atoms with Gasteiger partial charge in [-0.25, -0.2) is 4.79 Å². The van der Waals surface area contributed by atoms with Crippen LogP contribution in [0, 0.1) is 0 Å². The number of H-pyrrole nitrogens is 1. The van der Waals surface area contributed by atoms with Gasteiger partial charge in [-0.2, -0.15) is 0 Å². The third kappa shape index (κ3) is 3.48. The number of hydrogen-bond donors (Lipinski definition) is 2. The zero-order valence-corrected chi connectivity index (χ0v) is 16.0. The maximum absolute atomic E-state index is 12.7. The van der Waals surface area contributed by atoms with Crippen LogP contribution in [0.2, 0.25) is 5.02 Å². The highest BCUT2D eigenvalue weighted by atomic mass is 35.5. The average molecular weight is 419 g/mol. The van der Waals surface area contributed by atoms with E-state index in [1.807, 2.05) is 6.07 Å². The summed E-state index contributed by atoms with van der Waals surface area (Å²) in [4.78, 5) is 39.0. The summed E-state index contributed by atoms with van der Waals surface area (Å²) < 4.78 is 2.97. The Balaban J connectivity index is 1.59. The number of nitrogen functional groups attached to an aromatic ring is 1. The van der Waals surface area contributed by atoms with Crippen molar-refractivity contribution >= 4 is 35.0 Å². The Morgan fingerprint density at radius 3 is 2.86 bits per heavy atom. The van der Waals surface area contributed by atoms with E-state index in [4.69, 9.17) is 17.3 Å². The van der Waals surface area contributed by atoms with Crippen LogP contribution in [0.1, 0.15) is 29.2 Å². The number of carbonyl (C=O) groups excluding carboxylic acids is 1. The van der Waals surface area contributed by atoms with E-state index >= 15 is 0 Å². The molecule has 1 saturated carbocycles. The van der Waals surface area contributed by atoms with Crippen molar-refractivity contribution in [3.63, 3.8) is 0 Å². The van der Waals surface area contributed by atoms with Gasteiger partial charge in [-0.15, -0.1) is 10.2 Å². The molecule has 1 fully saturated rings. The number of nitrogens with two attached hydrogens (primary N) is 1. The highest BCUT2D eigenvalue weighted by molar-refractivity contribution is 7.99. The number of carbonyl (C=O) groups is 1. The van der Waals surface area contributed by atoms with Crippen LogP contribution in [-0.4, -0.2) is 35.9 Å². The van der Waals surface area contributed by atoms with Crippen molar-refractivity contribution in [3.05, 3.63) is 62.0 Å². The van der Waals surface area contributed by atoms with Crippen LogP contribution in [0.3, 0.4) is 0 Å². The highest BCUT2D eigenvalue weighted by Gasteiger charge is 2.30. The Bertz CT molecular complexity index is 1180. The molecular formula is C17H15ClN6O3S. The molecule has 3 aromatic rings. The molecule has 0 unspecified atom stereocenters. The summed E-state index contributed by atoms with van der Waals surface area (Å²) in [5.41, 5.74) is 5.16. The molecule has 0 atom stereocenters. The molecule has 28 heavy (non-hydrogen) atoms. The monoisotopic (exact) mass is 418 g/mol. The lowest BCUT2D eigenvalue weighted by atomic mass is 10.2. The quantitative estimate of drug-likeness (QED) is 0.460. The number of hydrogen-bond acceptors (Lipinski definition) is 7. The van der Waals surface area contributed by atoms with Gasteiger partial charge in [0.15, 0.2) is 10.9 Å². The first-order valence-corrected chi connectivity index (χ1v) is 9.78. The third-order valence-corrected chi connectivity index (χ3v) is 5.49. The number of nitrogens with zero attached hydrogens (tertiary/aromatic N) is 4. The lowest BCUT2D eigenvalue weighted by molar-refractivity contribution is 0.102. The molecule has 0 amide bonds. The van der Waals surface area contributed by atoms with Crippen molar-refractivity contribution in [2.75, 3.05) is 11.5 Å². The number of rotatable bonds is 6. The molecule has 2 heterocycles. The van der Waals surface area contributed by atoms with E-state index in [0.717, 1.165) is 30.3 Å². The van der Waals surface area contributed by atoms with E-state index in [-0.39, 0.29) is 23.2 Å². The Kier molecular flexibility index (Phi) is 4.82. The zero-order valence-electron chi connectivity index (χ0n) is 14.5.